The smallest absolute Gasteiger partial charge is 0.0461 e. The third-order valence-electron chi connectivity index (χ3n) is 4.80. The average molecular weight is 252 g/mol. The van der Waals surface area contributed by atoms with Crippen molar-refractivity contribution in [1.82, 2.24) is 10.3 Å². The zero-order valence-electron chi connectivity index (χ0n) is 11.2. The molecule has 0 amide bonds. The molecule has 1 aromatic carbocycles. The number of aromatic amines is 1. The number of benzene rings is 1. The summed E-state index contributed by atoms with van der Waals surface area (Å²) in [6, 6.07) is 7.38. The zero-order valence-corrected chi connectivity index (χ0v) is 11.2. The van der Waals surface area contributed by atoms with E-state index in [1.807, 2.05) is 6.08 Å². The monoisotopic (exact) mass is 252 g/mol. The minimum absolute atomic E-state index is 0.631. The molecule has 2 heterocycles. The molecular formula is C17H20N2. The van der Waals surface area contributed by atoms with Crippen LogP contribution < -0.4 is 5.32 Å². The molecule has 0 spiro atoms. The van der Waals surface area contributed by atoms with E-state index in [4.69, 9.17) is 0 Å². The predicted molar refractivity (Wildman–Crippen MR) is 79.7 cm³/mol. The second-order valence-corrected chi connectivity index (χ2v) is 5.86. The van der Waals surface area contributed by atoms with Crippen LogP contribution in [0, 0.1) is 0 Å². The van der Waals surface area contributed by atoms with Crippen LogP contribution in [0.4, 0.5) is 0 Å². The molecule has 2 nitrogen and oxygen atoms in total. The van der Waals surface area contributed by atoms with Crippen molar-refractivity contribution in [1.29, 1.82) is 0 Å². The fraction of sp³-hybridized carbons (Fsp3) is 0.412. The first-order valence-corrected chi connectivity index (χ1v) is 7.35. The Morgan fingerprint density at radius 1 is 1.37 bits per heavy atom. The lowest BCUT2D eigenvalue weighted by atomic mass is 9.75. The van der Waals surface area contributed by atoms with Gasteiger partial charge in [0.15, 0.2) is 0 Å². The van der Waals surface area contributed by atoms with Crippen molar-refractivity contribution in [3.8, 4) is 0 Å². The van der Waals surface area contributed by atoms with Crippen LogP contribution in [-0.2, 0) is 12.8 Å². The Morgan fingerprint density at radius 2 is 2.32 bits per heavy atom. The van der Waals surface area contributed by atoms with Crippen LogP contribution in [0.3, 0.4) is 0 Å². The van der Waals surface area contributed by atoms with E-state index in [0.717, 1.165) is 6.42 Å². The highest BCUT2D eigenvalue weighted by molar-refractivity contribution is 5.89. The maximum absolute atomic E-state index is 3.89. The third kappa shape index (κ3) is 1.59. The summed E-state index contributed by atoms with van der Waals surface area (Å²) in [4.78, 5) is 3.61. The van der Waals surface area contributed by atoms with Crippen molar-refractivity contribution in [2.24, 2.45) is 0 Å². The minimum atomic E-state index is 0.631. The first-order valence-electron chi connectivity index (χ1n) is 7.35. The van der Waals surface area contributed by atoms with Gasteiger partial charge < -0.3 is 10.3 Å². The zero-order chi connectivity index (χ0) is 12.8. The molecule has 0 bridgehead atoms. The molecule has 1 fully saturated rings. The number of piperidine rings is 1. The molecule has 2 heteroatoms. The Hall–Kier alpha value is -1.54. The SMILES string of the molecule is C=CCc1[nH]c2cccc3c2c1C[C@H]1NCCC[C@H]31. The fourth-order valence-electron chi connectivity index (χ4n) is 4.01. The quantitative estimate of drug-likeness (QED) is 0.789. The van der Waals surface area contributed by atoms with Crippen LogP contribution in [-0.4, -0.2) is 17.6 Å². The molecule has 2 aliphatic rings. The molecule has 19 heavy (non-hydrogen) atoms. The molecule has 0 radical (unpaired) electrons. The van der Waals surface area contributed by atoms with E-state index in [2.05, 4.69) is 35.1 Å². The Bertz CT molecular complexity index is 638. The van der Waals surface area contributed by atoms with Gasteiger partial charge in [0.2, 0.25) is 0 Å². The lowest BCUT2D eigenvalue weighted by Crippen LogP contribution is -2.43. The van der Waals surface area contributed by atoms with E-state index in [9.17, 15) is 0 Å². The lowest BCUT2D eigenvalue weighted by Gasteiger charge is -2.37. The first kappa shape index (κ1) is 11.3. The van der Waals surface area contributed by atoms with Crippen LogP contribution in [0.5, 0.6) is 0 Å². The van der Waals surface area contributed by atoms with Gasteiger partial charge in [-0.2, -0.15) is 0 Å². The second kappa shape index (κ2) is 4.24. The maximum atomic E-state index is 3.89. The molecule has 1 aliphatic heterocycles. The van der Waals surface area contributed by atoms with Crippen molar-refractivity contribution < 1.29 is 0 Å². The molecule has 0 saturated carbocycles. The van der Waals surface area contributed by atoms with Gasteiger partial charge in [-0.05, 0) is 43.0 Å². The number of aromatic nitrogens is 1. The average Bonchev–Trinajstić information content (AvgIpc) is 2.79. The molecule has 2 aromatic rings. The number of H-pyrrole nitrogens is 1. The fourth-order valence-corrected chi connectivity index (χ4v) is 4.01. The van der Waals surface area contributed by atoms with Crippen molar-refractivity contribution in [2.75, 3.05) is 6.54 Å². The summed E-state index contributed by atoms with van der Waals surface area (Å²) in [6.45, 7) is 5.06. The highest BCUT2D eigenvalue weighted by Gasteiger charge is 2.33. The van der Waals surface area contributed by atoms with Gasteiger partial charge in [0.1, 0.15) is 0 Å². The van der Waals surface area contributed by atoms with Crippen molar-refractivity contribution in [3.05, 3.63) is 47.7 Å². The molecule has 1 aliphatic carbocycles. The Kier molecular flexibility index (Phi) is 2.52. The molecule has 98 valence electrons. The minimum Gasteiger partial charge on any atom is -0.358 e. The van der Waals surface area contributed by atoms with Crippen LogP contribution >= 0.6 is 0 Å². The third-order valence-corrected chi connectivity index (χ3v) is 4.80. The number of hydrogen-bond donors (Lipinski definition) is 2. The van der Waals surface area contributed by atoms with E-state index in [0.29, 0.717) is 12.0 Å². The standard InChI is InChI=1S/C17H20N2/c1-2-5-14-13-10-16-11(7-4-9-18-16)12-6-3-8-15(19-14)17(12)13/h2-3,6,8,11,16,18-19H,1,4-5,7,9-10H2/t11-,16-/m1/s1. The molecule has 0 unspecified atom stereocenters. The first-order chi connectivity index (χ1) is 9.38. The Labute approximate surface area is 113 Å². The van der Waals surface area contributed by atoms with Gasteiger partial charge in [0.05, 0.1) is 0 Å². The van der Waals surface area contributed by atoms with Gasteiger partial charge in [-0.3, -0.25) is 0 Å². The van der Waals surface area contributed by atoms with E-state index in [1.165, 1.54) is 48.0 Å². The van der Waals surface area contributed by atoms with Gasteiger partial charge in [-0.15, -0.1) is 6.58 Å². The molecule has 1 saturated heterocycles. The summed E-state index contributed by atoms with van der Waals surface area (Å²) in [7, 11) is 0. The summed E-state index contributed by atoms with van der Waals surface area (Å²) in [5, 5.41) is 5.23. The van der Waals surface area contributed by atoms with Crippen molar-refractivity contribution in [3.63, 3.8) is 0 Å². The number of fused-ring (bicyclic) bond motifs is 2. The van der Waals surface area contributed by atoms with E-state index in [1.54, 1.807) is 5.56 Å². The normalized spacial score (nSPS) is 25.3. The highest BCUT2D eigenvalue weighted by Crippen LogP contribution is 2.41. The number of hydrogen-bond acceptors (Lipinski definition) is 1. The second-order valence-electron chi connectivity index (χ2n) is 5.86. The molecular weight excluding hydrogens is 232 g/mol. The van der Waals surface area contributed by atoms with Crippen LogP contribution in [0.1, 0.15) is 35.6 Å². The van der Waals surface area contributed by atoms with Gasteiger partial charge >= 0.3 is 0 Å². The van der Waals surface area contributed by atoms with Crippen LogP contribution in [0.15, 0.2) is 30.9 Å². The van der Waals surface area contributed by atoms with Crippen molar-refractivity contribution in [2.45, 2.75) is 37.6 Å². The van der Waals surface area contributed by atoms with Gasteiger partial charge in [-0.1, -0.05) is 18.2 Å². The number of rotatable bonds is 2. The summed E-state index contributed by atoms with van der Waals surface area (Å²) in [5.74, 6) is 0.706. The molecule has 4 rings (SSSR count). The van der Waals surface area contributed by atoms with E-state index < -0.39 is 0 Å². The predicted octanol–water partition coefficient (Wildman–Crippen LogP) is 3.29. The Balaban J connectivity index is 1.95. The molecule has 2 atom stereocenters. The van der Waals surface area contributed by atoms with E-state index >= 15 is 0 Å². The number of nitrogens with one attached hydrogen (secondary N) is 2. The Morgan fingerprint density at radius 3 is 3.21 bits per heavy atom. The maximum Gasteiger partial charge on any atom is 0.0461 e. The topological polar surface area (TPSA) is 27.8 Å². The van der Waals surface area contributed by atoms with Crippen molar-refractivity contribution >= 4 is 10.9 Å². The molecule has 2 N–H and O–H groups in total. The largest absolute Gasteiger partial charge is 0.358 e. The summed E-state index contributed by atoms with van der Waals surface area (Å²) >= 11 is 0. The summed E-state index contributed by atoms with van der Waals surface area (Å²) in [6.07, 6.45) is 6.75. The van der Waals surface area contributed by atoms with Gasteiger partial charge in [0, 0.05) is 35.0 Å². The number of allylic oxidation sites excluding steroid dienone is 1. The van der Waals surface area contributed by atoms with E-state index in [-0.39, 0.29) is 0 Å². The van der Waals surface area contributed by atoms with Gasteiger partial charge in [0.25, 0.3) is 0 Å². The van der Waals surface area contributed by atoms with Crippen LogP contribution in [0.2, 0.25) is 0 Å². The molecule has 1 aromatic heterocycles. The van der Waals surface area contributed by atoms with Crippen LogP contribution in [0.25, 0.3) is 10.9 Å². The summed E-state index contributed by atoms with van der Waals surface area (Å²) < 4.78 is 0. The lowest BCUT2D eigenvalue weighted by molar-refractivity contribution is 0.345. The van der Waals surface area contributed by atoms with Gasteiger partial charge in [-0.25, -0.2) is 0 Å². The summed E-state index contributed by atoms with van der Waals surface area (Å²) in [5.41, 5.74) is 5.76. The highest BCUT2D eigenvalue weighted by atomic mass is 14.9.